The predicted octanol–water partition coefficient (Wildman–Crippen LogP) is 3.14. The van der Waals surface area contributed by atoms with Gasteiger partial charge in [0.1, 0.15) is 5.82 Å². The molecule has 0 aliphatic carbocycles. The Balaban J connectivity index is 2.15. The van der Waals surface area contributed by atoms with Crippen LogP contribution in [0.25, 0.3) is 16.9 Å². The Kier molecular flexibility index (Phi) is 3.31. The highest BCUT2D eigenvalue weighted by molar-refractivity contribution is 5.66. The van der Waals surface area contributed by atoms with Crippen LogP contribution in [0.4, 0.5) is 4.39 Å². The normalized spacial score (nSPS) is 10.7. The number of benzene rings is 2. The van der Waals surface area contributed by atoms with E-state index in [0.717, 1.165) is 22.5 Å². The molecule has 2 aromatic carbocycles. The highest BCUT2D eigenvalue weighted by atomic mass is 19.1. The van der Waals surface area contributed by atoms with Gasteiger partial charge in [0.2, 0.25) is 0 Å². The Bertz CT molecular complexity index is 720. The number of halogens is 1. The number of para-hydroxylation sites is 1. The van der Waals surface area contributed by atoms with E-state index in [1.807, 2.05) is 41.1 Å². The van der Waals surface area contributed by atoms with Gasteiger partial charge in [0.15, 0.2) is 0 Å². The quantitative estimate of drug-likeness (QED) is 0.792. The molecule has 0 atom stereocenters. The van der Waals surface area contributed by atoms with Crippen LogP contribution in [0.3, 0.4) is 0 Å². The smallest absolute Gasteiger partial charge is 0.123 e. The van der Waals surface area contributed by atoms with E-state index in [2.05, 4.69) is 5.10 Å². The first kappa shape index (κ1) is 12.6. The Morgan fingerprint density at radius 2 is 1.85 bits per heavy atom. The molecule has 0 spiro atoms. The average molecular weight is 267 g/mol. The minimum Gasteiger partial charge on any atom is -0.326 e. The Labute approximate surface area is 116 Å². The van der Waals surface area contributed by atoms with Gasteiger partial charge in [-0.2, -0.15) is 5.10 Å². The van der Waals surface area contributed by atoms with Crippen molar-refractivity contribution >= 4 is 0 Å². The number of hydrogen-bond acceptors (Lipinski definition) is 2. The molecule has 1 aromatic heterocycles. The molecule has 100 valence electrons. The summed E-state index contributed by atoms with van der Waals surface area (Å²) in [7, 11) is 0. The van der Waals surface area contributed by atoms with Gasteiger partial charge in [-0.05, 0) is 42.0 Å². The minimum atomic E-state index is -0.278. The molecule has 0 fully saturated rings. The van der Waals surface area contributed by atoms with Gasteiger partial charge in [0.25, 0.3) is 0 Å². The highest BCUT2D eigenvalue weighted by Crippen LogP contribution is 2.26. The lowest BCUT2D eigenvalue weighted by Gasteiger charge is -2.11. The largest absolute Gasteiger partial charge is 0.326 e. The molecule has 0 radical (unpaired) electrons. The first-order chi connectivity index (χ1) is 9.79. The summed E-state index contributed by atoms with van der Waals surface area (Å²) >= 11 is 0. The average Bonchev–Trinajstić information content (AvgIpc) is 2.97. The second-order valence-electron chi connectivity index (χ2n) is 4.47. The van der Waals surface area contributed by atoms with E-state index in [1.165, 1.54) is 12.1 Å². The Morgan fingerprint density at radius 1 is 1.05 bits per heavy atom. The van der Waals surface area contributed by atoms with E-state index < -0.39 is 0 Å². The van der Waals surface area contributed by atoms with E-state index >= 15 is 0 Å². The summed E-state index contributed by atoms with van der Waals surface area (Å²) in [6, 6.07) is 16.4. The summed E-state index contributed by atoms with van der Waals surface area (Å²) in [6.07, 6.45) is 1.73. The lowest BCUT2D eigenvalue weighted by molar-refractivity contribution is 0.625. The Morgan fingerprint density at radius 3 is 2.60 bits per heavy atom. The Hall–Kier alpha value is -2.46. The standard InChI is InChI=1S/C16H14FN3/c17-13-6-7-15(12(10-13)11-18)16-8-9-19-20(16)14-4-2-1-3-5-14/h1-10H,11,18H2. The molecule has 2 N–H and O–H groups in total. The first-order valence-corrected chi connectivity index (χ1v) is 6.38. The molecule has 0 amide bonds. The maximum absolute atomic E-state index is 13.3. The molecule has 3 nitrogen and oxygen atoms in total. The lowest BCUT2D eigenvalue weighted by atomic mass is 10.0. The second kappa shape index (κ2) is 5.27. The molecule has 0 unspecified atom stereocenters. The lowest BCUT2D eigenvalue weighted by Crippen LogP contribution is -2.04. The molecular weight excluding hydrogens is 253 g/mol. The zero-order chi connectivity index (χ0) is 13.9. The van der Waals surface area contributed by atoms with Crippen LogP contribution in [0.15, 0.2) is 60.8 Å². The fourth-order valence-electron chi connectivity index (χ4n) is 2.26. The monoisotopic (exact) mass is 267 g/mol. The van der Waals surface area contributed by atoms with Gasteiger partial charge in [-0.15, -0.1) is 0 Å². The van der Waals surface area contributed by atoms with Crippen LogP contribution >= 0.6 is 0 Å². The van der Waals surface area contributed by atoms with Crippen LogP contribution in [0.5, 0.6) is 0 Å². The zero-order valence-corrected chi connectivity index (χ0v) is 10.8. The summed E-state index contributed by atoms with van der Waals surface area (Å²) < 4.78 is 15.1. The molecule has 1 heterocycles. The molecule has 3 rings (SSSR count). The second-order valence-corrected chi connectivity index (χ2v) is 4.47. The fourth-order valence-corrected chi connectivity index (χ4v) is 2.26. The van der Waals surface area contributed by atoms with Gasteiger partial charge in [-0.1, -0.05) is 18.2 Å². The van der Waals surface area contributed by atoms with Crippen molar-refractivity contribution in [1.29, 1.82) is 0 Å². The van der Waals surface area contributed by atoms with Crippen molar-refractivity contribution in [2.45, 2.75) is 6.54 Å². The molecule has 20 heavy (non-hydrogen) atoms. The van der Waals surface area contributed by atoms with Crippen molar-refractivity contribution in [2.75, 3.05) is 0 Å². The first-order valence-electron chi connectivity index (χ1n) is 6.38. The third kappa shape index (κ3) is 2.21. The van der Waals surface area contributed by atoms with E-state index in [9.17, 15) is 4.39 Å². The fraction of sp³-hybridized carbons (Fsp3) is 0.0625. The van der Waals surface area contributed by atoms with Crippen LogP contribution in [-0.2, 0) is 6.54 Å². The maximum Gasteiger partial charge on any atom is 0.123 e. The topological polar surface area (TPSA) is 43.8 Å². The number of aromatic nitrogens is 2. The van der Waals surface area contributed by atoms with Crippen molar-refractivity contribution < 1.29 is 4.39 Å². The van der Waals surface area contributed by atoms with Crippen molar-refractivity contribution in [2.24, 2.45) is 5.73 Å². The predicted molar refractivity (Wildman–Crippen MR) is 76.8 cm³/mol. The van der Waals surface area contributed by atoms with Crippen molar-refractivity contribution in [3.05, 3.63) is 72.2 Å². The summed E-state index contributed by atoms with van der Waals surface area (Å²) in [5, 5.41) is 4.34. The summed E-state index contributed by atoms with van der Waals surface area (Å²) in [4.78, 5) is 0. The number of rotatable bonds is 3. The molecular formula is C16H14FN3. The molecule has 4 heteroatoms. The molecule has 0 aliphatic heterocycles. The van der Waals surface area contributed by atoms with Crippen molar-refractivity contribution in [1.82, 2.24) is 9.78 Å². The third-order valence-electron chi connectivity index (χ3n) is 3.21. The van der Waals surface area contributed by atoms with E-state index in [-0.39, 0.29) is 12.4 Å². The van der Waals surface area contributed by atoms with Crippen LogP contribution in [0.2, 0.25) is 0 Å². The van der Waals surface area contributed by atoms with Gasteiger partial charge >= 0.3 is 0 Å². The van der Waals surface area contributed by atoms with Gasteiger partial charge in [-0.25, -0.2) is 9.07 Å². The van der Waals surface area contributed by atoms with Crippen LogP contribution in [-0.4, -0.2) is 9.78 Å². The van der Waals surface area contributed by atoms with Crippen molar-refractivity contribution in [3.8, 4) is 16.9 Å². The molecule has 0 bridgehead atoms. The molecule has 0 aliphatic rings. The van der Waals surface area contributed by atoms with Gasteiger partial charge in [0, 0.05) is 12.1 Å². The minimum absolute atomic E-state index is 0.278. The van der Waals surface area contributed by atoms with Crippen LogP contribution < -0.4 is 5.73 Å². The van der Waals surface area contributed by atoms with Crippen molar-refractivity contribution in [3.63, 3.8) is 0 Å². The molecule has 3 aromatic rings. The molecule has 0 saturated heterocycles. The van der Waals surface area contributed by atoms with E-state index in [4.69, 9.17) is 5.73 Å². The van der Waals surface area contributed by atoms with E-state index in [1.54, 1.807) is 12.3 Å². The van der Waals surface area contributed by atoms with Gasteiger partial charge in [0.05, 0.1) is 17.6 Å². The summed E-state index contributed by atoms with van der Waals surface area (Å²) in [5.74, 6) is -0.278. The van der Waals surface area contributed by atoms with Crippen LogP contribution in [0.1, 0.15) is 5.56 Å². The molecule has 0 saturated carbocycles. The number of hydrogen-bond donors (Lipinski definition) is 1. The highest BCUT2D eigenvalue weighted by Gasteiger charge is 2.11. The summed E-state index contributed by atoms with van der Waals surface area (Å²) in [6.45, 7) is 0.285. The maximum atomic E-state index is 13.3. The number of nitrogens with zero attached hydrogens (tertiary/aromatic N) is 2. The van der Waals surface area contributed by atoms with Gasteiger partial charge in [-0.3, -0.25) is 0 Å². The summed E-state index contributed by atoms with van der Waals surface area (Å²) in [5.41, 5.74) is 9.24. The van der Waals surface area contributed by atoms with E-state index in [0.29, 0.717) is 0 Å². The SMILES string of the molecule is NCc1cc(F)ccc1-c1ccnn1-c1ccccc1. The zero-order valence-electron chi connectivity index (χ0n) is 10.8. The van der Waals surface area contributed by atoms with Gasteiger partial charge < -0.3 is 5.73 Å². The van der Waals surface area contributed by atoms with Crippen LogP contribution in [0, 0.1) is 5.82 Å². The third-order valence-corrected chi connectivity index (χ3v) is 3.21. The number of nitrogens with two attached hydrogens (primary N) is 1.